The number of nitrogens with two attached hydrogens (primary N) is 1. The largest absolute Gasteiger partial charge is 0.349 e. The highest BCUT2D eigenvalue weighted by atomic mass is 35.5. The van der Waals surface area contributed by atoms with Crippen LogP contribution in [0.1, 0.15) is 62.7 Å². The molecule has 5 nitrogen and oxygen atoms in total. The Morgan fingerprint density at radius 3 is 2.59 bits per heavy atom. The fourth-order valence-electron chi connectivity index (χ4n) is 3.51. The predicted octanol–water partition coefficient (Wildman–Crippen LogP) is 2.63. The Bertz CT molecular complexity index is 494. The first-order valence-corrected chi connectivity index (χ1v) is 7.95. The smallest absolute Gasteiger partial charge is 0.221 e. The van der Waals surface area contributed by atoms with E-state index in [4.69, 9.17) is 5.73 Å². The number of halogens is 1. The number of amides is 1. The quantitative estimate of drug-likeness (QED) is 0.872. The Kier molecular flexibility index (Phi) is 6.88. The van der Waals surface area contributed by atoms with Gasteiger partial charge >= 0.3 is 0 Å². The van der Waals surface area contributed by atoms with Crippen molar-refractivity contribution < 1.29 is 4.79 Å². The zero-order chi connectivity index (χ0) is 15.5. The highest BCUT2D eigenvalue weighted by Crippen LogP contribution is 2.38. The lowest BCUT2D eigenvalue weighted by Gasteiger charge is -2.36. The molecular weight excluding hydrogens is 300 g/mol. The second-order valence-electron chi connectivity index (χ2n) is 6.57. The molecule has 1 saturated carbocycles. The van der Waals surface area contributed by atoms with Crippen molar-refractivity contribution in [1.29, 1.82) is 0 Å². The molecule has 1 aliphatic rings. The first-order valence-electron chi connectivity index (χ1n) is 7.95. The van der Waals surface area contributed by atoms with Crippen LogP contribution in [-0.2, 0) is 11.8 Å². The lowest BCUT2D eigenvalue weighted by Crippen LogP contribution is -2.39. The molecule has 1 amide bonds. The molecule has 1 fully saturated rings. The molecule has 0 aromatic carbocycles. The summed E-state index contributed by atoms with van der Waals surface area (Å²) >= 11 is 0. The van der Waals surface area contributed by atoms with Gasteiger partial charge in [0, 0.05) is 25.2 Å². The number of carbonyl (C=O) groups excluding carboxylic acids is 1. The van der Waals surface area contributed by atoms with Gasteiger partial charge in [0.25, 0.3) is 0 Å². The summed E-state index contributed by atoms with van der Waals surface area (Å²) in [5.74, 6) is 0.109. The third-order valence-corrected chi connectivity index (χ3v) is 4.78. The van der Waals surface area contributed by atoms with Crippen LogP contribution in [0.2, 0.25) is 0 Å². The number of nitrogens with zero attached hydrogens (tertiary/aromatic N) is 2. The van der Waals surface area contributed by atoms with Gasteiger partial charge in [0.15, 0.2) is 0 Å². The molecule has 22 heavy (non-hydrogen) atoms. The van der Waals surface area contributed by atoms with Crippen LogP contribution < -0.4 is 11.1 Å². The van der Waals surface area contributed by atoms with Crippen LogP contribution in [-0.4, -0.2) is 22.2 Å². The first-order chi connectivity index (χ1) is 9.96. The molecular formula is C16H29ClN4O. The Balaban J connectivity index is 0.00000242. The second-order valence-corrected chi connectivity index (χ2v) is 6.57. The summed E-state index contributed by atoms with van der Waals surface area (Å²) in [7, 11) is 1.90. The number of aryl methyl sites for hydroxylation is 2. The van der Waals surface area contributed by atoms with Crippen LogP contribution in [0.4, 0.5) is 0 Å². The molecule has 0 spiro atoms. The molecule has 0 aliphatic heterocycles. The Morgan fingerprint density at radius 2 is 2.09 bits per heavy atom. The zero-order valence-corrected chi connectivity index (χ0v) is 14.7. The van der Waals surface area contributed by atoms with Crippen molar-refractivity contribution >= 4 is 18.3 Å². The van der Waals surface area contributed by atoms with E-state index < -0.39 is 0 Å². The fraction of sp³-hybridized carbons (Fsp3) is 0.750. The van der Waals surface area contributed by atoms with Crippen LogP contribution in [0.15, 0.2) is 6.20 Å². The van der Waals surface area contributed by atoms with Crippen LogP contribution in [0.25, 0.3) is 0 Å². The average molecular weight is 329 g/mol. The molecule has 1 heterocycles. The molecule has 0 radical (unpaired) electrons. The van der Waals surface area contributed by atoms with Crippen molar-refractivity contribution in [1.82, 2.24) is 15.1 Å². The van der Waals surface area contributed by atoms with Gasteiger partial charge in [-0.05, 0) is 38.6 Å². The van der Waals surface area contributed by atoms with E-state index in [-0.39, 0.29) is 29.8 Å². The molecule has 2 rings (SSSR count). The summed E-state index contributed by atoms with van der Waals surface area (Å²) in [5, 5.41) is 7.44. The average Bonchev–Trinajstić information content (AvgIpc) is 2.78. The first kappa shape index (κ1) is 19.0. The lowest BCUT2D eigenvalue weighted by atomic mass is 9.71. The van der Waals surface area contributed by atoms with E-state index in [1.165, 1.54) is 19.3 Å². The van der Waals surface area contributed by atoms with Crippen LogP contribution >= 0.6 is 12.4 Å². The Labute approximate surface area is 139 Å². The van der Waals surface area contributed by atoms with Crippen molar-refractivity contribution in [3.05, 3.63) is 17.5 Å². The number of hydrogen-bond acceptors (Lipinski definition) is 3. The number of hydrogen-bond donors (Lipinski definition) is 2. The van der Waals surface area contributed by atoms with E-state index >= 15 is 0 Å². The Morgan fingerprint density at radius 1 is 1.45 bits per heavy atom. The van der Waals surface area contributed by atoms with E-state index in [0.717, 1.165) is 24.1 Å². The Hall–Kier alpha value is -1.07. The summed E-state index contributed by atoms with van der Waals surface area (Å²) in [6, 6.07) is -0.00962. The molecule has 1 unspecified atom stereocenters. The maximum Gasteiger partial charge on any atom is 0.221 e. The fourth-order valence-corrected chi connectivity index (χ4v) is 3.51. The van der Waals surface area contributed by atoms with Gasteiger partial charge in [0.05, 0.1) is 11.7 Å². The molecule has 1 aliphatic carbocycles. The van der Waals surface area contributed by atoms with Gasteiger partial charge in [-0.25, -0.2) is 0 Å². The molecule has 0 bridgehead atoms. The van der Waals surface area contributed by atoms with E-state index in [0.29, 0.717) is 13.0 Å². The molecule has 1 aromatic heterocycles. The summed E-state index contributed by atoms with van der Waals surface area (Å²) in [4.78, 5) is 12.4. The summed E-state index contributed by atoms with van der Waals surface area (Å²) in [6.07, 6.45) is 8.35. The van der Waals surface area contributed by atoms with Gasteiger partial charge in [0.1, 0.15) is 0 Å². The highest BCUT2D eigenvalue weighted by molar-refractivity contribution is 5.85. The van der Waals surface area contributed by atoms with Crippen LogP contribution in [0.3, 0.4) is 0 Å². The third-order valence-electron chi connectivity index (χ3n) is 4.78. The van der Waals surface area contributed by atoms with Gasteiger partial charge in [0.2, 0.25) is 5.91 Å². The maximum atomic E-state index is 12.4. The van der Waals surface area contributed by atoms with Gasteiger partial charge in [-0.1, -0.05) is 19.3 Å². The van der Waals surface area contributed by atoms with E-state index in [1.807, 2.05) is 27.1 Å². The maximum absolute atomic E-state index is 12.4. The third kappa shape index (κ3) is 4.46. The van der Waals surface area contributed by atoms with E-state index in [1.54, 1.807) is 4.68 Å². The molecule has 3 N–H and O–H groups in total. The van der Waals surface area contributed by atoms with Crippen molar-refractivity contribution in [2.24, 2.45) is 18.2 Å². The summed E-state index contributed by atoms with van der Waals surface area (Å²) in [5.41, 5.74) is 8.03. The van der Waals surface area contributed by atoms with E-state index in [2.05, 4.69) is 10.4 Å². The van der Waals surface area contributed by atoms with Crippen molar-refractivity contribution in [3.8, 4) is 0 Å². The zero-order valence-electron chi connectivity index (χ0n) is 13.9. The van der Waals surface area contributed by atoms with Gasteiger partial charge in [-0.2, -0.15) is 5.10 Å². The minimum absolute atomic E-state index is 0. The minimum atomic E-state index is -0.00962. The standard InChI is InChI=1S/C16H28N4O.ClH/c1-12(14-10-20(3)19-13(14)2)18-15(21)9-16(11-17)7-5-4-6-8-16;/h10,12H,4-9,11,17H2,1-3H3,(H,18,21);1H. The van der Waals surface area contributed by atoms with Crippen LogP contribution in [0.5, 0.6) is 0 Å². The van der Waals surface area contributed by atoms with Crippen molar-refractivity contribution in [2.45, 2.75) is 58.4 Å². The molecule has 6 heteroatoms. The SMILES string of the molecule is Cc1nn(C)cc1C(C)NC(=O)CC1(CN)CCCCC1.Cl. The topological polar surface area (TPSA) is 72.9 Å². The molecule has 126 valence electrons. The highest BCUT2D eigenvalue weighted by Gasteiger charge is 2.33. The van der Waals surface area contributed by atoms with Crippen molar-refractivity contribution in [3.63, 3.8) is 0 Å². The monoisotopic (exact) mass is 328 g/mol. The summed E-state index contributed by atoms with van der Waals surface area (Å²) < 4.78 is 1.79. The summed E-state index contributed by atoms with van der Waals surface area (Å²) in [6.45, 7) is 4.60. The molecule has 1 atom stereocenters. The van der Waals surface area contributed by atoms with Gasteiger partial charge < -0.3 is 11.1 Å². The normalized spacial score (nSPS) is 18.4. The molecule has 0 saturated heterocycles. The number of rotatable bonds is 5. The van der Waals surface area contributed by atoms with Gasteiger partial charge in [-0.15, -0.1) is 12.4 Å². The van der Waals surface area contributed by atoms with E-state index in [9.17, 15) is 4.79 Å². The minimum Gasteiger partial charge on any atom is -0.349 e. The predicted molar refractivity (Wildman–Crippen MR) is 90.9 cm³/mol. The van der Waals surface area contributed by atoms with Crippen LogP contribution in [0, 0.1) is 12.3 Å². The molecule has 1 aromatic rings. The second kappa shape index (κ2) is 7.97. The number of nitrogens with one attached hydrogen (secondary N) is 1. The van der Waals surface area contributed by atoms with Gasteiger partial charge in [-0.3, -0.25) is 9.48 Å². The lowest BCUT2D eigenvalue weighted by molar-refractivity contribution is -0.124. The number of aromatic nitrogens is 2. The van der Waals surface area contributed by atoms with Crippen molar-refractivity contribution in [2.75, 3.05) is 6.54 Å². The number of carbonyl (C=O) groups is 1.